The van der Waals surface area contributed by atoms with Gasteiger partial charge in [-0.1, -0.05) is 12.1 Å². The van der Waals surface area contributed by atoms with Crippen molar-refractivity contribution in [2.45, 2.75) is 6.67 Å². The summed E-state index contributed by atoms with van der Waals surface area (Å²) in [5.41, 5.74) is 0.737. The molecule has 2 aromatic rings. The lowest BCUT2D eigenvalue weighted by atomic mass is 10.1. The standard InChI is InChI=1S/C14H10N2O3/c17-10-5-7-15(8-6-10)9-16-13(18)11-3-1-2-4-12(11)14(16)19/h1-8H,9H2. The number of pyridine rings is 1. The summed E-state index contributed by atoms with van der Waals surface area (Å²) < 4.78 is 1.61. The number of hydrogen-bond acceptors (Lipinski definition) is 3. The van der Waals surface area contributed by atoms with Gasteiger partial charge < -0.3 is 4.57 Å². The van der Waals surface area contributed by atoms with Crippen molar-refractivity contribution in [2.24, 2.45) is 0 Å². The zero-order chi connectivity index (χ0) is 13.4. The fourth-order valence-corrected chi connectivity index (χ4v) is 2.07. The first-order valence-corrected chi connectivity index (χ1v) is 5.78. The van der Waals surface area contributed by atoms with Crippen LogP contribution < -0.4 is 5.43 Å². The molecule has 94 valence electrons. The molecule has 0 bridgehead atoms. The van der Waals surface area contributed by atoms with Crippen LogP contribution in [0.5, 0.6) is 0 Å². The van der Waals surface area contributed by atoms with Crippen LogP contribution in [0, 0.1) is 0 Å². The number of nitrogens with zero attached hydrogens (tertiary/aromatic N) is 2. The summed E-state index contributed by atoms with van der Waals surface area (Å²) in [6.45, 7) is 0.104. The Hall–Kier alpha value is -2.69. The van der Waals surface area contributed by atoms with Gasteiger partial charge in [-0.3, -0.25) is 19.3 Å². The maximum Gasteiger partial charge on any atom is 0.263 e. The number of rotatable bonds is 2. The van der Waals surface area contributed by atoms with E-state index >= 15 is 0 Å². The number of carbonyl (C=O) groups is 2. The van der Waals surface area contributed by atoms with Gasteiger partial charge in [0.2, 0.25) is 0 Å². The molecule has 1 aromatic carbocycles. The predicted molar refractivity (Wildman–Crippen MR) is 67.6 cm³/mol. The normalized spacial score (nSPS) is 13.8. The number of imide groups is 1. The van der Waals surface area contributed by atoms with Crippen LogP contribution in [-0.4, -0.2) is 21.3 Å². The molecule has 0 radical (unpaired) electrons. The first kappa shape index (κ1) is 11.4. The van der Waals surface area contributed by atoms with Gasteiger partial charge in [-0.25, -0.2) is 0 Å². The molecule has 0 N–H and O–H groups in total. The van der Waals surface area contributed by atoms with E-state index in [2.05, 4.69) is 0 Å². The first-order valence-electron chi connectivity index (χ1n) is 5.78. The maximum atomic E-state index is 12.1. The molecular weight excluding hydrogens is 244 g/mol. The van der Waals surface area contributed by atoms with Gasteiger partial charge in [-0.2, -0.15) is 0 Å². The lowest BCUT2D eigenvalue weighted by molar-refractivity contribution is 0.0605. The van der Waals surface area contributed by atoms with Crippen LogP contribution in [0.25, 0.3) is 0 Å². The van der Waals surface area contributed by atoms with Crippen molar-refractivity contribution >= 4 is 11.8 Å². The second-order valence-corrected chi connectivity index (χ2v) is 4.27. The molecule has 2 amide bonds. The summed E-state index contributed by atoms with van der Waals surface area (Å²) in [7, 11) is 0. The second-order valence-electron chi connectivity index (χ2n) is 4.27. The highest BCUT2D eigenvalue weighted by molar-refractivity contribution is 6.21. The summed E-state index contributed by atoms with van der Waals surface area (Å²) in [4.78, 5) is 36.4. The number of carbonyl (C=O) groups excluding carboxylic acids is 2. The second kappa shape index (κ2) is 4.20. The van der Waals surface area contributed by atoms with Crippen molar-refractivity contribution in [2.75, 3.05) is 0 Å². The topological polar surface area (TPSA) is 59.4 Å². The molecule has 0 saturated carbocycles. The molecule has 1 aromatic heterocycles. The minimum Gasteiger partial charge on any atom is -0.335 e. The highest BCUT2D eigenvalue weighted by atomic mass is 16.2. The molecule has 3 rings (SSSR count). The van der Waals surface area contributed by atoms with Gasteiger partial charge in [-0.15, -0.1) is 0 Å². The van der Waals surface area contributed by atoms with E-state index in [1.54, 1.807) is 41.2 Å². The van der Waals surface area contributed by atoms with Crippen LogP contribution in [0.3, 0.4) is 0 Å². The molecule has 0 atom stereocenters. The van der Waals surface area contributed by atoms with Gasteiger partial charge in [0.25, 0.3) is 11.8 Å². The molecule has 0 unspecified atom stereocenters. The monoisotopic (exact) mass is 254 g/mol. The van der Waals surface area contributed by atoms with Gasteiger partial charge in [0, 0.05) is 24.5 Å². The minimum atomic E-state index is -0.306. The molecular formula is C14H10N2O3. The van der Waals surface area contributed by atoms with E-state index in [1.807, 2.05) is 0 Å². The summed E-state index contributed by atoms with van der Waals surface area (Å²) >= 11 is 0. The van der Waals surface area contributed by atoms with E-state index in [1.165, 1.54) is 12.1 Å². The van der Waals surface area contributed by atoms with Gasteiger partial charge in [0.15, 0.2) is 5.43 Å². The fraction of sp³-hybridized carbons (Fsp3) is 0.0714. The summed E-state index contributed by atoms with van der Waals surface area (Å²) in [5, 5.41) is 0. The highest BCUT2D eigenvalue weighted by Gasteiger charge is 2.34. The SMILES string of the molecule is O=C1c2ccccc2C(=O)N1Cn1ccc(=O)cc1. The van der Waals surface area contributed by atoms with E-state index in [4.69, 9.17) is 0 Å². The van der Waals surface area contributed by atoms with Crippen LogP contribution in [-0.2, 0) is 6.67 Å². The van der Waals surface area contributed by atoms with E-state index in [0.717, 1.165) is 4.90 Å². The van der Waals surface area contributed by atoms with Crippen molar-refractivity contribution in [1.82, 2.24) is 9.47 Å². The number of hydrogen-bond donors (Lipinski definition) is 0. The van der Waals surface area contributed by atoms with Gasteiger partial charge in [0.05, 0.1) is 11.1 Å². The predicted octanol–water partition coefficient (Wildman–Crippen LogP) is 1.10. The third-order valence-electron chi connectivity index (χ3n) is 3.04. The Labute approximate surface area is 108 Å². The van der Waals surface area contributed by atoms with Crippen LogP contribution in [0.1, 0.15) is 20.7 Å². The Morgan fingerprint density at radius 1 is 0.789 bits per heavy atom. The van der Waals surface area contributed by atoms with E-state index in [0.29, 0.717) is 11.1 Å². The molecule has 5 heteroatoms. The summed E-state index contributed by atoms with van der Waals surface area (Å²) in [5.74, 6) is -0.612. The zero-order valence-electron chi connectivity index (χ0n) is 9.95. The molecule has 0 aliphatic carbocycles. The quantitative estimate of drug-likeness (QED) is 0.754. The van der Waals surface area contributed by atoms with Crippen molar-refractivity contribution in [3.05, 3.63) is 70.1 Å². The van der Waals surface area contributed by atoms with Crippen molar-refractivity contribution in [3.8, 4) is 0 Å². The number of amides is 2. The van der Waals surface area contributed by atoms with Crippen LogP contribution in [0.15, 0.2) is 53.6 Å². The smallest absolute Gasteiger partial charge is 0.263 e. The molecule has 5 nitrogen and oxygen atoms in total. The number of aromatic nitrogens is 1. The van der Waals surface area contributed by atoms with Crippen LogP contribution >= 0.6 is 0 Å². The molecule has 1 aliphatic rings. The molecule has 0 spiro atoms. The lowest BCUT2D eigenvalue weighted by Gasteiger charge is -2.15. The molecule has 19 heavy (non-hydrogen) atoms. The largest absolute Gasteiger partial charge is 0.335 e. The summed E-state index contributed by atoms with van der Waals surface area (Å²) in [6.07, 6.45) is 3.10. The van der Waals surface area contributed by atoms with E-state index < -0.39 is 0 Å². The van der Waals surface area contributed by atoms with Gasteiger partial charge in [-0.05, 0) is 12.1 Å². The number of fused-ring (bicyclic) bond motifs is 1. The van der Waals surface area contributed by atoms with Gasteiger partial charge >= 0.3 is 0 Å². The Morgan fingerprint density at radius 3 is 1.84 bits per heavy atom. The number of benzene rings is 1. The van der Waals surface area contributed by atoms with Gasteiger partial charge in [0.1, 0.15) is 6.67 Å². The zero-order valence-corrected chi connectivity index (χ0v) is 9.95. The van der Waals surface area contributed by atoms with Crippen molar-refractivity contribution < 1.29 is 9.59 Å². The molecule has 0 fully saturated rings. The summed E-state index contributed by atoms with van der Waals surface area (Å²) in [6, 6.07) is 9.51. The van der Waals surface area contributed by atoms with Crippen molar-refractivity contribution in [3.63, 3.8) is 0 Å². The Morgan fingerprint density at radius 2 is 1.32 bits per heavy atom. The third kappa shape index (κ3) is 1.85. The Balaban J connectivity index is 1.92. The first-order chi connectivity index (χ1) is 9.16. The average molecular weight is 254 g/mol. The Kier molecular flexibility index (Phi) is 2.52. The molecule has 0 saturated heterocycles. The fourth-order valence-electron chi connectivity index (χ4n) is 2.07. The van der Waals surface area contributed by atoms with Crippen LogP contribution in [0.4, 0.5) is 0 Å². The minimum absolute atomic E-state index is 0.104. The maximum absolute atomic E-state index is 12.1. The van der Waals surface area contributed by atoms with E-state index in [9.17, 15) is 14.4 Å². The molecule has 2 heterocycles. The van der Waals surface area contributed by atoms with Crippen LogP contribution in [0.2, 0.25) is 0 Å². The van der Waals surface area contributed by atoms with E-state index in [-0.39, 0.29) is 23.9 Å². The lowest BCUT2D eigenvalue weighted by Crippen LogP contribution is -2.32. The molecule has 1 aliphatic heterocycles. The third-order valence-corrected chi connectivity index (χ3v) is 3.04. The van der Waals surface area contributed by atoms with Crippen molar-refractivity contribution in [1.29, 1.82) is 0 Å². The Bertz CT molecular complexity index is 678. The average Bonchev–Trinajstić information content (AvgIpc) is 2.67. The highest BCUT2D eigenvalue weighted by Crippen LogP contribution is 2.22.